The molecule has 0 spiro atoms. The summed E-state index contributed by atoms with van der Waals surface area (Å²) in [5, 5.41) is 57.7. The Balaban J connectivity index is 2.15. The molecule has 0 radical (unpaired) electrons. The lowest BCUT2D eigenvalue weighted by Gasteiger charge is -2.49. The van der Waals surface area contributed by atoms with E-state index in [1.165, 1.54) is 7.11 Å². The second kappa shape index (κ2) is 17.4. The van der Waals surface area contributed by atoms with E-state index < -0.39 is 108 Å². The molecule has 3 rings (SSSR count). The fraction of sp³-hybridized carbons (Fsp3) is 0.973. The first-order valence-corrected chi connectivity index (χ1v) is 18.6. The van der Waals surface area contributed by atoms with Crippen LogP contribution in [-0.4, -0.2) is 142 Å². The largest absolute Gasteiger partial charge is 0.462 e. The van der Waals surface area contributed by atoms with Crippen molar-refractivity contribution in [3.63, 3.8) is 0 Å². The number of hydrogen-bond donors (Lipinski definition) is 5. The Hall–Kier alpha value is -0.970. The summed E-state index contributed by atoms with van der Waals surface area (Å²) in [5.74, 6) is -3.83. The second-order valence-corrected chi connectivity index (χ2v) is 16.4. The predicted molar refractivity (Wildman–Crippen MR) is 186 cm³/mol. The van der Waals surface area contributed by atoms with Crippen molar-refractivity contribution >= 4 is 5.97 Å². The fourth-order valence-corrected chi connectivity index (χ4v) is 8.54. The molecule has 13 heteroatoms. The minimum absolute atomic E-state index is 0.0533. The Bertz CT molecular complexity index is 1080. The number of hydrogen-bond acceptors (Lipinski definition) is 13. The van der Waals surface area contributed by atoms with Gasteiger partial charge in [-0.25, -0.2) is 0 Å². The summed E-state index contributed by atoms with van der Waals surface area (Å²) in [7, 11) is 5.26. The van der Waals surface area contributed by atoms with Crippen LogP contribution >= 0.6 is 0 Å². The van der Waals surface area contributed by atoms with Gasteiger partial charge >= 0.3 is 5.97 Å². The number of aliphatic hydroxyl groups is 5. The van der Waals surface area contributed by atoms with Gasteiger partial charge in [0.1, 0.15) is 18.3 Å². The fourth-order valence-electron chi connectivity index (χ4n) is 8.54. The van der Waals surface area contributed by atoms with Crippen molar-refractivity contribution < 1.29 is 58.7 Å². The third-order valence-corrected chi connectivity index (χ3v) is 12.0. The molecule has 294 valence electrons. The molecule has 3 aliphatic rings. The quantitative estimate of drug-likeness (QED) is 0.243. The molecule has 3 unspecified atom stereocenters. The number of methoxy groups -OCH3 is 1. The van der Waals surface area contributed by atoms with Crippen LogP contribution in [0.3, 0.4) is 0 Å². The third-order valence-electron chi connectivity index (χ3n) is 12.0. The maximum atomic E-state index is 14.1. The van der Waals surface area contributed by atoms with E-state index in [2.05, 4.69) is 0 Å². The Kier molecular flexibility index (Phi) is 15.2. The molecule has 5 N–H and O–H groups in total. The van der Waals surface area contributed by atoms with Crippen LogP contribution in [0.2, 0.25) is 0 Å². The summed E-state index contributed by atoms with van der Waals surface area (Å²) < 4.78 is 37.4. The van der Waals surface area contributed by atoms with Gasteiger partial charge in [-0.2, -0.15) is 0 Å². The van der Waals surface area contributed by atoms with E-state index in [0.29, 0.717) is 12.8 Å². The van der Waals surface area contributed by atoms with Crippen LogP contribution in [-0.2, 0) is 33.2 Å². The van der Waals surface area contributed by atoms with Gasteiger partial charge in [0.25, 0.3) is 0 Å². The van der Waals surface area contributed by atoms with E-state index >= 15 is 0 Å². The monoisotopic (exact) mass is 719 g/mol. The average Bonchev–Trinajstić information content (AvgIpc) is 3.05. The molecule has 3 saturated heterocycles. The van der Waals surface area contributed by atoms with Gasteiger partial charge in [0.05, 0.1) is 53.7 Å². The van der Waals surface area contributed by atoms with Crippen LogP contribution in [0, 0.1) is 29.6 Å². The summed E-state index contributed by atoms with van der Waals surface area (Å²) in [6.45, 7) is 17.8. The number of likely N-dealkylation sites (N-methyl/N-ethyl adjacent to an activating group) is 1. The molecule has 13 nitrogen and oxygen atoms in total. The molecule has 0 aromatic carbocycles. The van der Waals surface area contributed by atoms with Crippen LogP contribution in [0.5, 0.6) is 0 Å². The van der Waals surface area contributed by atoms with Gasteiger partial charge in [0.2, 0.25) is 0 Å². The Morgan fingerprint density at radius 1 is 0.860 bits per heavy atom. The molecule has 0 bridgehead atoms. The number of esters is 1. The topological polar surface area (TPSA) is 177 Å². The first-order valence-electron chi connectivity index (χ1n) is 18.6. The SMILES string of the molecule is CCC1OC(=O)[C@H](C)C(O[C@H]2C[C@@](C)(OC)[C@@H](O)[C@H](C)O2)[C@H](C)[C@@H](O[C@@H]2O[C@H](C)C[C@H](N(C)C)[C@H]2O)[C@](C)(O)C[C@@H](C)C(O)[C@H](C)[C@@H](O)[C@H]1C. The summed E-state index contributed by atoms with van der Waals surface area (Å²) >= 11 is 0. The molecular formula is C37H69NO12. The van der Waals surface area contributed by atoms with Crippen LogP contribution in [0.1, 0.15) is 94.9 Å². The lowest BCUT2D eigenvalue weighted by Crippen LogP contribution is -2.60. The molecule has 0 aromatic rings. The number of aliphatic hydroxyl groups excluding tert-OH is 4. The van der Waals surface area contributed by atoms with Crippen LogP contribution < -0.4 is 0 Å². The molecular weight excluding hydrogens is 650 g/mol. The van der Waals surface area contributed by atoms with Crippen LogP contribution in [0.25, 0.3) is 0 Å². The van der Waals surface area contributed by atoms with Crippen molar-refractivity contribution in [2.75, 3.05) is 21.2 Å². The van der Waals surface area contributed by atoms with Gasteiger partial charge in [-0.15, -0.1) is 0 Å². The first-order chi connectivity index (χ1) is 23.1. The van der Waals surface area contributed by atoms with E-state index in [1.54, 1.807) is 41.5 Å². The number of cyclic esters (lactones) is 1. The van der Waals surface area contributed by atoms with E-state index in [0.717, 1.165) is 0 Å². The number of rotatable bonds is 7. The Morgan fingerprint density at radius 3 is 2.04 bits per heavy atom. The van der Waals surface area contributed by atoms with Crippen molar-refractivity contribution in [3.8, 4) is 0 Å². The van der Waals surface area contributed by atoms with Crippen molar-refractivity contribution in [1.29, 1.82) is 0 Å². The molecule has 0 aliphatic carbocycles. The standard InChI is InChI=1S/C37H69NO12/c1-14-26-20(4)29(40)21(5)28(39)18(2)16-36(9,44)33(50-35-30(41)25(38(11)12)15-19(3)46-35)22(6)31(23(7)34(43)48-26)49-27-17-37(10,45-13)32(42)24(8)47-27/h18-33,35,39-42,44H,14-17H2,1-13H3/t18-,19-,20+,21+,22+,23-,24+,25+,26?,27+,28?,29+,30-,31?,32+,33-,35+,36-,37-/m1/s1. The lowest BCUT2D eigenvalue weighted by atomic mass is 9.74. The van der Waals surface area contributed by atoms with Crippen LogP contribution in [0.4, 0.5) is 0 Å². The highest BCUT2D eigenvalue weighted by molar-refractivity contribution is 5.73. The maximum absolute atomic E-state index is 14.1. The van der Waals surface area contributed by atoms with Crippen molar-refractivity contribution in [2.24, 2.45) is 29.6 Å². The average molecular weight is 720 g/mol. The zero-order valence-electron chi connectivity index (χ0n) is 32.7. The first kappa shape index (κ1) is 43.4. The predicted octanol–water partition coefficient (Wildman–Crippen LogP) is 2.46. The van der Waals surface area contributed by atoms with E-state index in [1.807, 2.05) is 46.7 Å². The highest BCUT2D eigenvalue weighted by Crippen LogP contribution is 2.41. The Labute approximate surface area is 299 Å². The highest BCUT2D eigenvalue weighted by Gasteiger charge is 2.52. The third kappa shape index (κ3) is 9.57. The zero-order chi connectivity index (χ0) is 38.0. The van der Waals surface area contributed by atoms with E-state index in [4.69, 9.17) is 28.4 Å². The zero-order valence-corrected chi connectivity index (χ0v) is 32.7. The molecule has 3 aliphatic heterocycles. The van der Waals surface area contributed by atoms with Crippen molar-refractivity contribution in [3.05, 3.63) is 0 Å². The number of nitrogens with zero attached hydrogens (tertiary/aromatic N) is 1. The van der Waals surface area contributed by atoms with E-state index in [9.17, 15) is 30.3 Å². The Morgan fingerprint density at radius 2 is 1.48 bits per heavy atom. The normalized spacial score (nSPS) is 50.5. The lowest BCUT2D eigenvalue weighted by molar-refractivity contribution is -0.318. The minimum Gasteiger partial charge on any atom is -0.462 e. The minimum atomic E-state index is -1.66. The summed E-state index contributed by atoms with van der Waals surface area (Å²) in [5.41, 5.74) is -2.66. The van der Waals surface area contributed by atoms with Gasteiger partial charge < -0.3 is 58.9 Å². The highest BCUT2D eigenvalue weighted by atomic mass is 16.7. The van der Waals surface area contributed by atoms with Gasteiger partial charge in [-0.1, -0.05) is 34.6 Å². The molecule has 3 fully saturated rings. The molecule has 50 heavy (non-hydrogen) atoms. The summed E-state index contributed by atoms with van der Waals surface area (Å²) in [6.07, 6.45) is -8.48. The molecule has 0 saturated carbocycles. The van der Waals surface area contributed by atoms with Gasteiger partial charge in [-0.05, 0) is 73.9 Å². The van der Waals surface area contributed by atoms with Crippen LogP contribution in [0.15, 0.2) is 0 Å². The van der Waals surface area contributed by atoms with Gasteiger partial charge in [0.15, 0.2) is 12.6 Å². The molecule has 0 aromatic heterocycles. The number of carbonyl (C=O) groups excluding carboxylic acids is 1. The smallest absolute Gasteiger partial charge is 0.311 e. The van der Waals surface area contributed by atoms with Crippen molar-refractivity contribution in [1.82, 2.24) is 4.90 Å². The van der Waals surface area contributed by atoms with Gasteiger partial charge in [0, 0.05) is 37.3 Å². The second-order valence-electron chi connectivity index (χ2n) is 16.4. The summed E-state index contributed by atoms with van der Waals surface area (Å²) in [6, 6.07) is -0.283. The molecule has 0 amide bonds. The maximum Gasteiger partial charge on any atom is 0.311 e. The number of ether oxygens (including phenoxy) is 6. The number of carbonyl (C=O) groups is 1. The molecule has 19 atom stereocenters. The summed E-state index contributed by atoms with van der Waals surface area (Å²) in [4.78, 5) is 16.0. The van der Waals surface area contributed by atoms with Crippen molar-refractivity contribution in [2.45, 2.75) is 180 Å². The molecule has 3 heterocycles. The van der Waals surface area contributed by atoms with Gasteiger partial charge in [-0.3, -0.25) is 4.79 Å². The van der Waals surface area contributed by atoms with E-state index in [-0.39, 0.29) is 25.0 Å².